The van der Waals surface area contributed by atoms with Gasteiger partial charge in [-0.05, 0) is 55.8 Å². The highest BCUT2D eigenvalue weighted by Crippen LogP contribution is 2.30. The van der Waals surface area contributed by atoms with E-state index in [9.17, 15) is 18.0 Å². The van der Waals surface area contributed by atoms with Gasteiger partial charge >= 0.3 is 6.18 Å². The summed E-state index contributed by atoms with van der Waals surface area (Å²) >= 11 is 5.90. The third kappa shape index (κ3) is 4.36. The summed E-state index contributed by atoms with van der Waals surface area (Å²) in [5.41, 5.74) is 3.36. The normalized spacial score (nSPS) is 11.6. The SMILES string of the molecule is Cc1[nH]c2ccc(C(=O)Nc3cc(Cl)ccc3OCC(F)(F)F)cc2c1C. The number of carbonyl (C=O) groups is 1. The van der Waals surface area contributed by atoms with Crippen LogP contribution in [0.25, 0.3) is 10.9 Å². The van der Waals surface area contributed by atoms with E-state index in [2.05, 4.69) is 10.3 Å². The van der Waals surface area contributed by atoms with Crippen LogP contribution in [0.5, 0.6) is 5.75 Å². The number of aromatic nitrogens is 1. The molecule has 0 aliphatic heterocycles. The number of aryl methyl sites for hydroxylation is 2. The van der Waals surface area contributed by atoms with Gasteiger partial charge in [0.2, 0.25) is 0 Å². The van der Waals surface area contributed by atoms with E-state index in [1.165, 1.54) is 18.2 Å². The van der Waals surface area contributed by atoms with E-state index in [1.807, 2.05) is 13.8 Å². The smallest absolute Gasteiger partial charge is 0.422 e. The van der Waals surface area contributed by atoms with Crippen molar-refractivity contribution in [2.75, 3.05) is 11.9 Å². The fraction of sp³-hybridized carbons (Fsp3) is 0.211. The van der Waals surface area contributed by atoms with E-state index in [0.717, 1.165) is 22.2 Å². The first-order valence-corrected chi connectivity index (χ1v) is 8.41. The number of amides is 1. The number of H-pyrrole nitrogens is 1. The lowest BCUT2D eigenvalue weighted by Crippen LogP contribution is -2.20. The minimum Gasteiger partial charge on any atom is -0.482 e. The van der Waals surface area contributed by atoms with E-state index in [-0.39, 0.29) is 16.5 Å². The number of alkyl halides is 3. The first-order valence-electron chi connectivity index (χ1n) is 8.03. The molecule has 0 radical (unpaired) electrons. The van der Waals surface area contributed by atoms with Gasteiger partial charge in [0.1, 0.15) is 5.75 Å². The highest BCUT2D eigenvalue weighted by atomic mass is 35.5. The highest BCUT2D eigenvalue weighted by Gasteiger charge is 2.29. The van der Waals surface area contributed by atoms with E-state index in [0.29, 0.717) is 5.56 Å². The molecular formula is C19H16ClF3N2O2. The molecule has 27 heavy (non-hydrogen) atoms. The van der Waals surface area contributed by atoms with Crippen molar-refractivity contribution in [3.05, 3.63) is 58.2 Å². The van der Waals surface area contributed by atoms with Gasteiger partial charge < -0.3 is 15.0 Å². The Balaban J connectivity index is 1.87. The summed E-state index contributed by atoms with van der Waals surface area (Å²) in [4.78, 5) is 15.8. The number of hydrogen-bond donors (Lipinski definition) is 2. The molecule has 2 aromatic carbocycles. The van der Waals surface area contributed by atoms with E-state index >= 15 is 0 Å². The van der Waals surface area contributed by atoms with E-state index < -0.39 is 18.7 Å². The number of hydrogen-bond acceptors (Lipinski definition) is 2. The topological polar surface area (TPSA) is 54.1 Å². The summed E-state index contributed by atoms with van der Waals surface area (Å²) in [5, 5.41) is 3.73. The molecule has 2 N–H and O–H groups in total. The first-order chi connectivity index (χ1) is 12.6. The molecule has 0 saturated carbocycles. The lowest BCUT2D eigenvalue weighted by Gasteiger charge is -2.14. The second-order valence-electron chi connectivity index (χ2n) is 6.13. The third-order valence-corrected chi connectivity index (χ3v) is 4.39. The number of rotatable bonds is 4. The molecule has 3 aromatic rings. The van der Waals surface area contributed by atoms with Gasteiger partial charge in [-0.3, -0.25) is 4.79 Å². The van der Waals surface area contributed by atoms with E-state index in [4.69, 9.17) is 16.3 Å². The largest absolute Gasteiger partial charge is 0.482 e. The Morgan fingerprint density at radius 1 is 1.19 bits per heavy atom. The van der Waals surface area contributed by atoms with Crippen molar-refractivity contribution in [1.82, 2.24) is 4.98 Å². The minimum absolute atomic E-state index is 0.0684. The molecule has 0 fully saturated rings. The van der Waals surface area contributed by atoms with Gasteiger partial charge in [0.25, 0.3) is 5.91 Å². The van der Waals surface area contributed by atoms with Crippen molar-refractivity contribution in [2.45, 2.75) is 20.0 Å². The number of benzene rings is 2. The van der Waals surface area contributed by atoms with Crippen LogP contribution in [0, 0.1) is 13.8 Å². The van der Waals surface area contributed by atoms with E-state index in [1.54, 1.807) is 18.2 Å². The Bertz CT molecular complexity index is 1010. The van der Waals surface area contributed by atoms with Crippen LogP contribution < -0.4 is 10.1 Å². The first kappa shape index (κ1) is 19.1. The summed E-state index contributed by atoms with van der Waals surface area (Å²) in [5.74, 6) is -0.589. The zero-order chi connectivity index (χ0) is 19.8. The van der Waals surface area contributed by atoms with Gasteiger partial charge in [-0.15, -0.1) is 0 Å². The molecular weight excluding hydrogens is 381 g/mol. The summed E-state index contributed by atoms with van der Waals surface area (Å²) in [6.07, 6.45) is -4.49. The van der Waals surface area contributed by atoms with Gasteiger partial charge in [-0.1, -0.05) is 11.6 Å². The maximum Gasteiger partial charge on any atom is 0.422 e. The number of ether oxygens (including phenoxy) is 1. The van der Waals surface area contributed by atoms with Crippen molar-refractivity contribution in [1.29, 1.82) is 0 Å². The van der Waals surface area contributed by atoms with Crippen LogP contribution in [-0.4, -0.2) is 23.7 Å². The minimum atomic E-state index is -4.49. The molecule has 0 unspecified atom stereocenters. The number of halogens is 4. The molecule has 0 saturated heterocycles. The van der Waals surface area contributed by atoms with Crippen molar-refractivity contribution in [3.63, 3.8) is 0 Å². The van der Waals surface area contributed by atoms with Gasteiger partial charge in [-0.2, -0.15) is 13.2 Å². The van der Waals surface area contributed by atoms with Crippen molar-refractivity contribution in [2.24, 2.45) is 0 Å². The van der Waals surface area contributed by atoms with Crippen LogP contribution in [0.2, 0.25) is 5.02 Å². The van der Waals surface area contributed by atoms with Crippen LogP contribution in [0.3, 0.4) is 0 Å². The molecule has 1 aromatic heterocycles. The Kier molecular flexibility index (Phi) is 5.06. The fourth-order valence-electron chi connectivity index (χ4n) is 2.68. The number of anilines is 1. The molecule has 0 atom stereocenters. The van der Waals surface area contributed by atoms with Crippen molar-refractivity contribution in [3.8, 4) is 5.75 Å². The number of aromatic amines is 1. The van der Waals surface area contributed by atoms with Gasteiger partial charge in [0.15, 0.2) is 6.61 Å². The van der Waals surface area contributed by atoms with Gasteiger partial charge in [0.05, 0.1) is 5.69 Å². The van der Waals surface area contributed by atoms with Gasteiger partial charge in [-0.25, -0.2) is 0 Å². The molecule has 0 aliphatic carbocycles. The Labute approximate surface area is 158 Å². The summed E-state index contributed by atoms with van der Waals surface area (Å²) in [6.45, 7) is 2.41. The van der Waals surface area contributed by atoms with Gasteiger partial charge in [0, 0.05) is 27.2 Å². The standard InChI is InChI=1S/C19H16ClF3N2O2/c1-10-11(2)24-15-5-3-12(7-14(10)15)18(26)25-16-8-13(20)4-6-17(16)27-9-19(21,22)23/h3-8,24H,9H2,1-2H3,(H,25,26). The molecule has 8 heteroatoms. The summed E-state index contributed by atoms with van der Waals surface area (Å²) in [7, 11) is 0. The maximum absolute atomic E-state index is 12.6. The molecule has 4 nitrogen and oxygen atoms in total. The molecule has 0 spiro atoms. The Hall–Kier alpha value is -2.67. The lowest BCUT2D eigenvalue weighted by atomic mass is 10.1. The van der Waals surface area contributed by atoms with Crippen LogP contribution in [0.4, 0.5) is 18.9 Å². The quantitative estimate of drug-likeness (QED) is 0.600. The van der Waals surface area contributed by atoms with Crippen LogP contribution in [-0.2, 0) is 0 Å². The second kappa shape index (κ2) is 7.15. The summed E-state index contributed by atoms with van der Waals surface area (Å²) in [6, 6.07) is 9.16. The van der Waals surface area contributed by atoms with Crippen LogP contribution in [0.15, 0.2) is 36.4 Å². The number of carbonyl (C=O) groups excluding carboxylic acids is 1. The van der Waals surface area contributed by atoms with Crippen molar-refractivity contribution >= 4 is 34.1 Å². The highest BCUT2D eigenvalue weighted by molar-refractivity contribution is 6.31. The number of nitrogens with one attached hydrogen (secondary N) is 2. The van der Waals surface area contributed by atoms with Crippen LogP contribution in [0.1, 0.15) is 21.6 Å². The zero-order valence-electron chi connectivity index (χ0n) is 14.5. The zero-order valence-corrected chi connectivity index (χ0v) is 15.3. The molecule has 0 aliphatic rings. The fourth-order valence-corrected chi connectivity index (χ4v) is 2.85. The second-order valence-corrected chi connectivity index (χ2v) is 6.57. The van der Waals surface area contributed by atoms with Crippen LogP contribution >= 0.6 is 11.6 Å². The molecule has 142 valence electrons. The monoisotopic (exact) mass is 396 g/mol. The molecule has 3 rings (SSSR count). The molecule has 1 amide bonds. The lowest BCUT2D eigenvalue weighted by molar-refractivity contribution is -0.153. The number of fused-ring (bicyclic) bond motifs is 1. The Morgan fingerprint density at radius 3 is 2.63 bits per heavy atom. The maximum atomic E-state index is 12.6. The predicted molar refractivity (Wildman–Crippen MR) is 98.7 cm³/mol. The molecule has 1 heterocycles. The third-order valence-electron chi connectivity index (χ3n) is 4.15. The van der Waals surface area contributed by atoms with Crippen molar-refractivity contribution < 1.29 is 22.7 Å². The average molecular weight is 397 g/mol. The average Bonchev–Trinajstić information content (AvgIpc) is 2.87. The summed E-state index contributed by atoms with van der Waals surface area (Å²) < 4.78 is 42.1. The predicted octanol–water partition coefficient (Wildman–Crippen LogP) is 5.63. The Morgan fingerprint density at radius 2 is 1.93 bits per heavy atom. The molecule has 0 bridgehead atoms.